The summed E-state index contributed by atoms with van der Waals surface area (Å²) in [6.45, 7) is 2.49. The summed E-state index contributed by atoms with van der Waals surface area (Å²) in [6, 6.07) is 6.35. The molecule has 1 aromatic carbocycles. The molecule has 1 aromatic rings. The van der Waals surface area contributed by atoms with Crippen molar-refractivity contribution in [3.8, 4) is 0 Å². The lowest BCUT2D eigenvalue weighted by Gasteiger charge is -2.21. The zero-order valence-corrected chi connectivity index (χ0v) is 12.5. The number of anilines is 1. The maximum Gasteiger partial charge on any atom is 0.220 e. The third kappa shape index (κ3) is 3.76. The van der Waals surface area contributed by atoms with E-state index in [1.54, 1.807) is 0 Å². The smallest absolute Gasteiger partial charge is 0.220 e. The summed E-state index contributed by atoms with van der Waals surface area (Å²) in [6.07, 6.45) is 6.25. The summed E-state index contributed by atoms with van der Waals surface area (Å²) < 4.78 is 5.55. The second-order valence-electron chi connectivity index (χ2n) is 5.93. The molecular formula is C17H24N2O2. The minimum absolute atomic E-state index is 0.124. The lowest BCUT2D eigenvalue weighted by atomic mass is 9.99. The number of benzene rings is 1. The molecule has 2 N–H and O–H groups in total. The Morgan fingerprint density at radius 2 is 2.33 bits per heavy atom. The fourth-order valence-corrected chi connectivity index (χ4v) is 3.17. The van der Waals surface area contributed by atoms with Crippen molar-refractivity contribution in [2.75, 3.05) is 18.5 Å². The van der Waals surface area contributed by atoms with Crippen LogP contribution in [0.2, 0.25) is 0 Å². The van der Waals surface area contributed by atoms with Gasteiger partial charge in [-0.05, 0) is 43.2 Å². The van der Waals surface area contributed by atoms with E-state index in [4.69, 9.17) is 4.74 Å². The highest BCUT2D eigenvalue weighted by Crippen LogP contribution is 2.26. The van der Waals surface area contributed by atoms with Gasteiger partial charge < -0.3 is 15.4 Å². The van der Waals surface area contributed by atoms with E-state index in [0.717, 1.165) is 38.8 Å². The van der Waals surface area contributed by atoms with Crippen molar-refractivity contribution >= 4 is 11.6 Å². The number of carbonyl (C=O) groups excluding carboxylic acids is 1. The number of hydrogen-bond donors (Lipinski definition) is 2. The Hall–Kier alpha value is -1.55. The molecule has 0 aliphatic carbocycles. The summed E-state index contributed by atoms with van der Waals surface area (Å²) in [5.41, 5.74) is 3.79. The maximum atomic E-state index is 12.0. The number of hydrogen-bond acceptors (Lipinski definition) is 3. The predicted molar refractivity (Wildman–Crippen MR) is 83.3 cm³/mol. The molecule has 1 atom stereocenters. The highest BCUT2D eigenvalue weighted by atomic mass is 16.5. The number of ether oxygens (including phenoxy) is 1. The van der Waals surface area contributed by atoms with E-state index in [-0.39, 0.29) is 5.91 Å². The molecule has 1 amide bonds. The number of aryl methyl sites for hydroxylation is 1. The average Bonchev–Trinajstić information content (AvgIpc) is 3.04. The summed E-state index contributed by atoms with van der Waals surface area (Å²) in [4.78, 5) is 12.0. The third-order valence-electron chi connectivity index (χ3n) is 4.36. The van der Waals surface area contributed by atoms with Crippen LogP contribution in [-0.4, -0.2) is 25.2 Å². The molecule has 2 aliphatic heterocycles. The largest absolute Gasteiger partial charge is 0.385 e. The molecule has 2 aliphatic rings. The van der Waals surface area contributed by atoms with Gasteiger partial charge in [-0.3, -0.25) is 4.79 Å². The Morgan fingerprint density at radius 3 is 3.19 bits per heavy atom. The van der Waals surface area contributed by atoms with Crippen LogP contribution in [0.4, 0.5) is 5.69 Å². The Morgan fingerprint density at radius 1 is 1.38 bits per heavy atom. The van der Waals surface area contributed by atoms with Gasteiger partial charge in [-0.2, -0.15) is 0 Å². The van der Waals surface area contributed by atoms with E-state index < -0.39 is 0 Å². The van der Waals surface area contributed by atoms with Crippen LogP contribution in [0.1, 0.15) is 43.2 Å². The lowest BCUT2D eigenvalue weighted by Crippen LogP contribution is -2.25. The molecular weight excluding hydrogens is 264 g/mol. The Kier molecular flexibility index (Phi) is 4.76. The van der Waals surface area contributed by atoms with Gasteiger partial charge >= 0.3 is 0 Å². The van der Waals surface area contributed by atoms with Gasteiger partial charge in [0.05, 0.1) is 6.10 Å². The Bertz CT molecular complexity index is 496. The number of rotatable bonds is 5. The second kappa shape index (κ2) is 6.94. The summed E-state index contributed by atoms with van der Waals surface area (Å²) >= 11 is 0. The van der Waals surface area contributed by atoms with Crippen LogP contribution in [-0.2, 0) is 22.5 Å². The van der Waals surface area contributed by atoms with Crippen LogP contribution in [0.25, 0.3) is 0 Å². The highest BCUT2D eigenvalue weighted by molar-refractivity contribution is 5.76. The maximum absolute atomic E-state index is 12.0. The number of para-hydroxylation sites is 1. The Labute approximate surface area is 126 Å². The molecule has 0 spiro atoms. The van der Waals surface area contributed by atoms with E-state index in [1.807, 2.05) is 0 Å². The number of nitrogens with one attached hydrogen (secondary N) is 2. The number of carbonyl (C=O) groups is 1. The first-order valence-corrected chi connectivity index (χ1v) is 8.06. The SMILES string of the molecule is O=C(CCC1CCCO1)NCc1cccc2c1NCCC2. The molecule has 0 radical (unpaired) electrons. The van der Waals surface area contributed by atoms with E-state index in [1.165, 1.54) is 23.2 Å². The zero-order valence-electron chi connectivity index (χ0n) is 12.5. The first-order valence-electron chi connectivity index (χ1n) is 8.06. The molecule has 4 heteroatoms. The third-order valence-corrected chi connectivity index (χ3v) is 4.36. The highest BCUT2D eigenvalue weighted by Gasteiger charge is 2.17. The van der Waals surface area contributed by atoms with Gasteiger partial charge in [-0.25, -0.2) is 0 Å². The quantitative estimate of drug-likeness (QED) is 0.875. The van der Waals surface area contributed by atoms with Crippen molar-refractivity contribution in [3.05, 3.63) is 29.3 Å². The van der Waals surface area contributed by atoms with Crippen LogP contribution < -0.4 is 10.6 Å². The molecule has 0 bridgehead atoms. The molecule has 1 fully saturated rings. The first-order chi connectivity index (χ1) is 10.3. The first kappa shape index (κ1) is 14.4. The molecule has 21 heavy (non-hydrogen) atoms. The van der Waals surface area contributed by atoms with Crippen LogP contribution in [0, 0.1) is 0 Å². The fraction of sp³-hybridized carbons (Fsp3) is 0.588. The number of amides is 1. The summed E-state index contributed by atoms with van der Waals surface area (Å²) in [7, 11) is 0. The van der Waals surface area contributed by atoms with E-state index >= 15 is 0 Å². The van der Waals surface area contributed by atoms with Gasteiger partial charge in [0.2, 0.25) is 5.91 Å². The van der Waals surface area contributed by atoms with Gasteiger partial charge in [0.25, 0.3) is 0 Å². The fourth-order valence-electron chi connectivity index (χ4n) is 3.17. The van der Waals surface area contributed by atoms with E-state index in [9.17, 15) is 4.79 Å². The number of fused-ring (bicyclic) bond motifs is 1. The molecule has 114 valence electrons. The monoisotopic (exact) mass is 288 g/mol. The summed E-state index contributed by atoms with van der Waals surface area (Å²) in [5.74, 6) is 0.124. The molecule has 0 saturated carbocycles. The minimum atomic E-state index is 0.124. The van der Waals surface area contributed by atoms with Gasteiger partial charge in [0.1, 0.15) is 0 Å². The minimum Gasteiger partial charge on any atom is -0.385 e. The van der Waals surface area contributed by atoms with Crippen molar-refractivity contribution in [1.82, 2.24) is 5.32 Å². The zero-order chi connectivity index (χ0) is 14.5. The summed E-state index contributed by atoms with van der Waals surface area (Å²) in [5, 5.41) is 6.50. The normalized spacial score (nSPS) is 20.7. The van der Waals surface area contributed by atoms with Crippen LogP contribution in [0.15, 0.2) is 18.2 Å². The van der Waals surface area contributed by atoms with Crippen LogP contribution in [0.3, 0.4) is 0 Å². The topological polar surface area (TPSA) is 50.4 Å². The average molecular weight is 288 g/mol. The molecule has 4 nitrogen and oxygen atoms in total. The van der Waals surface area contributed by atoms with Gasteiger partial charge in [0.15, 0.2) is 0 Å². The Balaban J connectivity index is 1.49. The molecule has 2 heterocycles. The van der Waals surface area contributed by atoms with Gasteiger partial charge in [-0.1, -0.05) is 18.2 Å². The lowest BCUT2D eigenvalue weighted by molar-refractivity contribution is -0.121. The molecule has 3 rings (SSSR count). The molecule has 1 unspecified atom stereocenters. The van der Waals surface area contributed by atoms with Crippen molar-refractivity contribution in [2.45, 2.75) is 51.2 Å². The predicted octanol–water partition coefficient (Wildman–Crippen LogP) is 2.62. The molecule has 1 saturated heterocycles. The standard InChI is InChI=1S/C17H24N2O2/c20-16(9-8-15-7-3-11-21-15)19-12-14-5-1-4-13-6-2-10-18-17(13)14/h1,4-5,15,18H,2-3,6-12H2,(H,19,20). The molecule has 0 aromatic heterocycles. The van der Waals surface area contributed by atoms with Crippen LogP contribution in [0.5, 0.6) is 0 Å². The van der Waals surface area contributed by atoms with Crippen LogP contribution >= 0.6 is 0 Å². The van der Waals surface area contributed by atoms with Crippen molar-refractivity contribution in [2.24, 2.45) is 0 Å². The van der Waals surface area contributed by atoms with Gasteiger partial charge in [0, 0.05) is 31.8 Å². The van der Waals surface area contributed by atoms with E-state index in [2.05, 4.69) is 28.8 Å². The van der Waals surface area contributed by atoms with Gasteiger partial charge in [-0.15, -0.1) is 0 Å². The van der Waals surface area contributed by atoms with Crippen molar-refractivity contribution < 1.29 is 9.53 Å². The second-order valence-corrected chi connectivity index (χ2v) is 5.93. The van der Waals surface area contributed by atoms with E-state index in [0.29, 0.717) is 19.1 Å². The van der Waals surface area contributed by atoms with Crippen molar-refractivity contribution in [3.63, 3.8) is 0 Å². The van der Waals surface area contributed by atoms with Crippen molar-refractivity contribution in [1.29, 1.82) is 0 Å².